The van der Waals surface area contributed by atoms with Crippen LogP contribution in [0.15, 0.2) is 24.3 Å². The normalized spacial score (nSPS) is 21.3. The van der Waals surface area contributed by atoms with Gasteiger partial charge in [-0.2, -0.15) is 0 Å². The topological polar surface area (TPSA) is 80.1 Å². The number of carbonyl (C=O) groups excluding carboxylic acids is 2. The Bertz CT molecular complexity index is 726. The molecule has 1 fully saturated rings. The van der Waals surface area contributed by atoms with Crippen LogP contribution in [0.25, 0.3) is 11.0 Å². The van der Waals surface area contributed by atoms with E-state index in [9.17, 15) is 9.59 Å². The van der Waals surface area contributed by atoms with Gasteiger partial charge in [-0.05, 0) is 31.9 Å². The number of fused-ring (bicyclic) bond motifs is 1. The van der Waals surface area contributed by atoms with Gasteiger partial charge in [-0.1, -0.05) is 17.3 Å². The number of likely N-dealkylation sites (N-methyl/N-ethyl adjacent to an activating group) is 1. The van der Waals surface area contributed by atoms with Crippen LogP contribution in [-0.4, -0.2) is 50.8 Å². The highest BCUT2D eigenvalue weighted by molar-refractivity contribution is 5.91. The van der Waals surface area contributed by atoms with Crippen molar-refractivity contribution in [3.05, 3.63) is 24.3 Å². The average molecular weight is 301 g/mol. The number of hydrogen-bond acceptors (Lipinski definition) is 4. The molecule has 22 heavy (non-hydrogen) atoms. The van der Waals surface area contributed by atoms with Crippen molar-refractivity contribution in [3.8, 4) is 0 Å². The Balaban J connectivity index is 1.84. The third kappa shape index (κ3) is 2.22. The van der Waals surface area contributed by atoms with E-state index in [2.05, 4.69) is 15.6 Å². The molecule has 0 radical (unpaired) electrons. The fraction of sp³-hybridized carbons (Fsp3) is 0.467. The van der Waals surface area contributed by atoms with E-state index in [1.165, 1.54) is 0 Å². The minimum Gasteiger partial charge on any atom is -0.357 e. The van der Waals surface area contributed by atoms with Gasteiger partial charge in [0, 0.05) is 13.6 Å². The molecule has 0 aliphatic carbocycles. The quantitative estimate of drug-likeness (QED) is 0.898. The number of rotatable bonds is 3. The maximum Gasteiger partial charge on any atom is 0.245 e. The third-order valence-electron chi connectivity index (χ3n) is 4.36. The molecule has 2 heterocycles. The van der Waals surface area contributed by atoms with Gasteiger partial charge in [0.1, 0.15) is 17.6 Å². The molecule has 7 nitrogen and oxygen atoms in total. The molecule has 0 unspecified atom stereocenters. The average Bonchev–Trinajstić information content (AvgIpc) is 3.11. The Labute approximate surface area is 128 Å². The molecule has 1 aliphatic rings. The standard InChI is InChI=1S/C15H19N5O2/c1-15(14(22)16-2)8-5-9-19(15)13(21)10-20-12-7-4-3-6-11(12)17-18-20/h3-4,6-7H,5,8-10H2,1-2H3,(H,16,22)/t15-/m0/s1. The van der Waals surface area contributed by atoms with Gasteiger partial charge < -0.3 is 10.2 Å². The lowest BCUT2D eigenvalue weighted by molar-refractivity contribution is -0.144. The van der Waals surface area contributed by atoms with Crippen LogP contribution in [0.3, 0.4) is 0 Å². The first-order valence-electron chi connectivity index (χ1n) is 7.37. The molecule has 1 aliphatic heterocycles. The largest absolute Gasteiger partial charge is 0.357 e. The molecule has 1 aromatic carbocycles. The van der Waals surface area contributed by atoms with Crippen LogP contribution in [0, 0.1) is 0 Å². The number of benzene rings is 1. The monoisotopic (exact) mass is 301 g/mol. The molecule has 1 atom stereocenters. The highest BCUT2D eigenvalue weighted by Gasteiger charge is 2.45. The summed E-state index contributed by atoms with van der Waals surface area (Å²) in [5.74, 6) is -0.235. The highest BCUT2D eigenvalue weighted by atomic mass is 16.2. The minimum absolute atomic E-state index is 0.0904. The number of carbonyl (C=O) groups is 2. The van der Waals surface area contributed by atoms with E-state index in [1.54, 1.807) is 16.6 Å². The van der Waals surface area contributed by atoms with Crippen molar-refractivity contribution in [1.29, 1.82) is 0 Å². The lowest BCUT2D eigenvalue weighted by Gasteiger charge is -2.33. The van der Waals surface area contributed by atoms with Crippen molar-refractivity contribution >= 4 is 22.8 Å². The summed E-state index contributed by atoms with van der Waals surface area (Å²) in [5, 5.41) is 10.7. The Hall–Kier alpha value is -2.44. The number of nitrogens with one attached hydrogen (secondary N) is 1. The number of para-hydroxylation sites is 1. The van der Waals surface area contributed by atoms with Crippen LogP contribution in [0.4, 0.5) is 0 Å². The SMILES string of the molecule is CNC(=O)[C@]1(C)CCCN1C(=O)Cn1nnc2ccccc21. The van der Waals surface area contributed by atoms with Gasteiger partial charge >= 0.3 is 0 Å². The second-order valence-electron chi connectivity index (χ2n) is 5.74. The van der Waals surface area contributed by atoms with E-state index in [1.807, 2.05) is 31.2 Å². The number of likely N-dealkylation sites (tertiary alicyclic amines) is 1. The van der Waals surface area contributed by atoms with E-state index < -0.39 is 5.54 Å². The van der Waals surface area contributed by atoms with Crippen LogP contribution in [0.5, 0.6) is 0 Å². The van der Waals surface area contributed by atoms with E-state index in [0.717, 1.165) is 17.5 Å². The number of nitrogens with zero attached hydrogens (tertiary/aromatic N) is 4. The van der Waals surface area contributed by atoms with Gasteiger partial charge in [0.2, 0.25) is 11.8 Å². The number of hydrogen-bond donors (Lipinski definition) is 1. The van der Waals surface area contributed by atoms with Crippen molar-refractivity contribution < 1.29 is 9.59 Å². The van der Waals surface area contributed by atoms with Gasteiger partial charge in [0.25, 0.3) is 0 Å². The summed E-state index contributed by atoms with van der Waals surface area (Å²) in [5.41, 5.74) is 0.796. The Kier molecular flexibility index (Phi) is 3.56. The summed E-state index contributed by atoms with van der Waals surface area (Å²) in [6.07, 6.45) is 1.50. The van der Waals surface area contributed by atoms with Crippen molar-refractivity contribution in [1.82, 2.24) is 25.2 Å². The molecule has 1 saturated heterocycles. The molecular weight excluding hydrogens is 282 g/mol. The molecule has 0 saturated carbocycles. The van der Waals surface area contributed by atoms with Crippen LogP contribution in [-0.2, 0) is 16.1 Å². The van der Waals surface area contributed by atoms with Crippen molar-refractivity contribution in [3.63, 3.8) is 0 Å². The van der Waals surface area contributed by atoms with Gasteiger partial charge in [-0.25, -0.2) is 4.68 Å². The molecule has 7 heteroatoms. The number of amides is 2. The van der Waals surface area contributed by atoms with Gasteiger partial charge in [0.15, 0.2) is 0 Å². The lowest BCUT2D eigenvalue weighted by Crippen LogP contribution is -2.55. The molecule has 116 valence electrons. The van der Waals surface area contributed by atoms with Crippen molar-refractivity contribution in [2.75, 3.05) is 13.6 Å². The van der Waals surface area contributed by atoms with Crippen LogP contribution in [0.1, 0.15) is 19.8 Å². The van der Waals surface area contributed by atoms with Crippen LogP contribution in [0.2, 0.25) is 0 Å². The molecule has 2 aromatic rings. The first-order chi connectivity index (χ1) is 10.6. The van der Waals surface area contributed by atoms with Crippen molar-refractivity contribution in [2.24, 2.45) is 0 Å². The first kappa shape index (κ1) is 14.5. The fourth-order valence-corrected chi connectivity index (χ4v) is 3.12. The number of aromatic nitrogens is 3. The van der Waals surface area contributed by atoms with Gasteiger partial charge in [-0.15, -0.1) is 5.10 Å². The molecule has 2 amide bonds. The van der Waals surface area contributed by atoms with E-state index in [4.69, 9.17) is 0 Å². The Morgan fingerprint density at radius 2 is 2.14 bits per heavy atom. The van der Waals surface area contributed by atoms with E-state index in [0.29, 0.717) is 13.0 Å². The summed E-state index contributed by atoms with van der Waals surface area (Å²) in [4.78, 5) is 26.4. The van der Waals surface area contributed by atoms with Crippen LogP contribution >= 0.6 is 0 Å². The smallest absolute Gasteiger partial charge is 0.245 e. The fourth-order valence-electron chi connectivity index (χ4n) is 3.12. The predicted octanol–water partition coefficient (Wildman–Crippen LogP) is 0.558. The summed E-state index contributed by atoms with van der Waals surface area (Å²) >= 11 is 0. The van der Waals surface area contributed by atoms with E-state index in [-0.39, 0.29) is 18.4 Å². The molecule has 3 rings (SSSR count). The molecule has 0 bridgehead atoms. The molecule has 0 spiro atoms. The van der Waals surface area contributed by atoms with E-state index >= 15 is 0 Å². The Morgan fingerprint density at radius 1 is 1.36 bits per heavy atom. The zero-order chi connectivity index (χ0) is 15.7. The highest BCUT2D eigenvalue weighted by Crippen LogP contribution is 2.29. The van der Waals surface area contributed by atoms with Gasteiger partial charge in [0.05, 0.1) is 5.52 Å². The second-order valence-corrected chi connectivity index (χ2v) is 5.74. The summed E-state index contributed by atoms with van der Waals surface area (Å²) in [6.45, 7) is 2.50. The Morgan fingerprint density at radius 3 is 2.91 bits per heavy atom. The van der Waals surface area contributed by atoms with Crippen molar-refractivity contribution in [2.45, 2.75) is 31.8 Å². The van der Waals surface area contributed by atoms with Crippen LogP contribution < -0.4 is 5.32 Å². The zero-order valence-electron chi connectivity index (χ0n) is 12.7. The summed E-state index contributed by atoms with van der Waals surface area (Å²) < 4.78 is 1.58. The zero-order valence-corrected chi connectivity index (χ0v) is 12.7. The third-order valence-corrected chi connectivity index (χ3v) is 4.36. The maximum atomic E-state index is 12.6. The lowest BCUT2D eigenvalue weighted by atomic mass is 9.97. The molecule has 1 N–H and O–H groups in total. The second kappa shape index (κ2) is 5.40. The first-order valence-corrected chi connectivity index (χ1v) is 7.37. The summed E-state index contributed by atoms with van der Waals surface area (Å²) in [7, 11) is 1.60. The summed E-state index contributed by atoms with van der Waals surface area (Å²) in [6, 6.07) is 7.50. The minimum atomic E-state index is -0.776. The van der Waals surface area contributed by atoms with Gasteiger partial charge in [-0.3, -0.25) is 9.59 Å². The predicted molar refractivity (Wildman–Crippen MR) is 80.9 cm³/mol. The maximum absolute atomic E-state index is 12.6. The molecule has 1 aromatic heterocycles. The molecular formula is C15H19N5O2.